The van der Waals surface area contributed by atoms with Crippen LogP contribution in [-0.2, 0) is 16.1 Å². The molecular weight excluding hydrogens is 404 g/mol. The van der Waals surface area contributed by atoms with Crippen LogP contribution in [0, 0.1) is 5.92 Å². The highest BCUT2D eigenvalue weighted by atomic mass is 32.1. The van der Waals surface area contributed by atoms with E-state index in [-0.39, 0.29) is 11.8 Å². The van der Waals surface area contributed by atoms with Crippen LogP contribution in [0.5, 0.6) is 0 Å². The van der Waals surface area contributed by atoms with Gasteiger partial charge in [0.2, 0.25) is 17.6 Å². The number of nitrogens with one attached hydrogen (secondary N) is 1. The molecule has 8 nitrogen and oxygen atoms in total. The van der Waals surface area contributed by atoms with E-state index < -0.39 is 5.97 Å². The number of amides is 1. The first kappa shape index (κ1) is 20.2. The SMILES string of the molecule is COC(=O)c1cccc(NC(=O)C2CCN(Cc3nc(-c4cccs4)no3)CC2)c1. The molecule has 1 N–H and O–H groups in total. The molecule has 0 radical (unpaired) electrons. The lowest BCUT2D eigenvalue weighted by molar-refractivity contribution is -0.121. The summed E-state index contributed by atoms with van der Waals surface area (Å²) in [6, 6.07) is 10.7. The van der Waals surface area contributed by atoms with Gasteiger partial charge in [0.25, 0.3) is 0 Å². The Kier molecular flexibility index (Phi) is 6.20. The lowest BCUT2D eigenvalue weighted by Crippen LogP contribution is -2.37. The fraction of sp³-hybridized carbons (Fsp3) is 0.333. The van der Waals surface area contributed by atoms with Crippen LogP contribution < -0.4 is 5.32 Å². The number of anilines is 1. The Bertz CT molecular complexity index is 1010. The molecule has 2 aromatic heterocycles. The van der Waals surface area contributed by atoms with E-state index >= 15 is 0 Å². The highest BCUT2D eigenvalue weighted by Crippen LogP contribution is 2.24. The van der Waals surface area contributed by atoms with Gasteiger partial charge in [0.15, 0.2) is 0 Å². The molecule has 1 amide bonds. The maximum absolute atomic E-state index is 12.6. The molecule has 1 fully saturated rings. The van der Waals surface area contributed by atoms with Crippen molar-refractivity contribution in [3.63, 3.8) is 0 Å². The zero-order valence-electron chi connectivity index (χ0n) is 16.5. The standard InChI is InChI=1S/C21H22N4O4S/c1-28-21(27)15-4-2-5-16(12-15)22-20(26)14-7-9-25(10-8-14)13-18-23-19(24-29-18)17-6-3-11-30-17/h2-6,11-12,14H,7-10,13H2,1H3,(H,22,26). The van der Waals surface area contributed by atoms with Crippen molar-refractivity contribution in [2.45, 2.75) is 19.4 Å². The average molecular weight is 426 g/mol. The Balaban J connectivity index is 1.28. The number of esters is 1. The molecule has 0 unspecified atom stereocenters. The Labute approximate surface area is 177 Å². The van der Waals surface area contributed by atoms with Gasteiger partial charge in [-0.2, -0.15) is 4.98 Å². The zero-order chi connectivity index (χ0) is 20.9. The largest absolute Gasteiger partial charge is 0.465 e. The molecule has 4 rings (SSSR count). The van der Waals surface area contributed by atoms with E-state index in [1.807, 2.05) is 17.5 Å². The second-order valence-corrected chi connectivity index (χ2v) is 8.05. The summed E-state index contributed by atoms with van der Waals surface area (Å²) in [5, 5.41) is 8.93. The summed E-state index contributed by atoms with van der Waals surface area (Å²) >= 11 is 1.57. The van der Waals surface area contributed by atoms with Crippen LogP contribution in [-0.4, -0.2) is 47.1 Å². The number of hydrogen-bond donors (Lipinski definition) is 1. The average Bonchev–Trinajstić information content (AvgIpc) is 3.46. The molecule has 3 heterocycles. The van der Waals surface area contributed by atoms with Gasteiger partial charge in [-0.15, -0.1) is 11.3 Å². The van der Waals surface area contributed by atoms with E-state index in [0.29, 0.717) is 29.5 Å². The molecule has 1 aliphatic heterocycles. The molecule has 1 aromatic carbocycles. The smallest absolute Gasteiger partial charge is 0.337 e. The first-order valence-electron chi connectivity index (χ1n) is 9.70. The molecule has 0 aliphatic carbocycles. The van der Waals surface area contributed by atoms with E-state index in [1.54, 1.807) is 35.6 Å². The van der Waals surface area contributed by atoms with Gasteiger partial charge >= 0.3 is 5.97 Å². The van der Waals surface area contributed by atoms with Crippen molar-refractivity contribution in [1.29, 1.82) is 0 Å². The van der Waals surface area contributed by atoms with E-state index in [4.69, 9.17) is 9.26 Å². The van der Waals surface area contributed by atoms with Crippen molar-refractivity contribution >= 4 is 28.9 Å². The van der Waals surface area contributed by atoms with Gasteiger partial charge in [0.1, 0.15) is 0 Å². The van der Waals surface area contributed by atoms with Crippen molar-refractivity contribution in [3.05, 3.63) is 53.2 Å². The fourth-order valence-corrected chi connectivity index (χ4v) is 4.10. The number of carbonyl (C=O) groups is 2. The Morgan fingerprint density at radius 1 is 1.27 bits per heavy atom. The number of methoxy groups -OCH3 is 1. The maximum atomic E-state index is 12.6. The molecule has 0 spiro atoms. The zero-order valence-corrected chi connectivity index (χ0v) is 17.4. The van der Waals surface area contributed by atoms with Crippen LogP contribution in [0.1, 0.15) is 29.1 Å². The molecule has 9 heteroatoms. The number of likely N-dealkylation sites (tertiary alicyclic amines) is 1. The third-order valence-electron chi connectivity index (χ3n) is 5.08. The minimum absolute atomic E-state index is 0.0329. The van der Waals surface area contributed by atoms with Gasteiger partial charge in [-0.3, -0.25) is 9.69 Å². The minimum atomic E-state index is -0.428. The molecular formula is C21H22N4O4S. The lowest BCUT2D eigenvalue weighted by Gasteiger charge is -2.30. The van der Waals surface area contributed by atoms with Gasteiger partial charge in [-0.25, -0.2) is 4.79 Å². The molecule has 3 aromatic rings. The topological polar surface area (TPSA) is 97.6 Å². The number of thiophene rings is 1. The van der Waals surface area contributed by atoms with E-state index in [9.17, 15) is 9.59 Å². The summed E-state index contributed by atoms with van der Waals surface area (Å²) in [5.41, 5.74) is 1.00. The number of nitrogens with zero attached hydrogens (tertiary/aromatic N) is 3. The third-order valence-corrected chi connectivity index (χ3v) is 5.94. The number of benzene rings is 1. The van der Waals surface area contributed by atoms with E-state index in [1.165, 1.54) is 7.11 Å². The lowest BCUT2D eigenvalue weighted by atomic mass is 9.95. The summed E-state index contributed by atoms with van der Waals surface area (Å²) < 4.78 is 10.1. The molecule has 1 saturated heterocycles. The van der Waals surface area contributed by atoms with Crippen molar-refractivity contribution in [1.82, 2.24) is 15.0 Å². The number of hydrogen-bond acceptors (Lipinski definition) is 8. The summed E-state index contributed by atoms with van der Waals surface area (Å²) in [6.45, 7) is 2.13. The van der Waals surface area contributed by atoms with E-state index in [0.717, 1.165) is 30.8 Å². The maximum Gasteiger partial charge on any atom is 0.337 e. The molecule has 0 saturated carbocycles. The van der Waals surface area contributed by atoms with Gasteiger partial charge in [0.05, 0.1) is 24.1 Å². The van der Waals surface area contributed by atoms with Crippen LogP contribution in [0.3, 0.4) is 0 Å². The quantitative estimate of drug-likeness (QED) is 0.603. The van der Waals surface area contributed by atoms with Gasteiger partial charge < -0.3 is 14.6 Å². The minimum Gasteiger partial charge on any atom is -0.465 e. The number of rotatable bonds is 6. The highest BCUT2D eigenvalue weighted by molar-refractivity contribution is 7.13. The van der Waals surface area contributed by atoms with Gasteiger partial charge in [-0.1, -0.05) is 17.3 Å². The van der Waals surface area contributed by atoms with Crippen LogP contribution in [0.4, 0.5) is 5.69 Å². The van der Waals surface area contributed by atoms with Crippen molar-refractivity contribution in [3.8, 4) is 10.7 Å². The predicted octanol–water partition coefficient (Wildman–Crippen LogP) is 3.44. The van der Waals surface area contributed by atoms with Gasteiger partial charge in [-0.05, 0) is 55.6 Å². The van der Waals surface area contributed by atoms with Crippen LogP contribution in [0.25, 0.3) is 10.7 Å². The fourth-order valence-electron chi connectivity index (χ4n) is 3.46. The number of ether oxygens (including phenoxy) is 1. The second kappa shape index (κ2) is 9.19. The van der Waals surface area contributed by atoms with Crippen molar-refractivity contribution in [2.24, 2.45) is 5.92 Å². The summed E-state index contributed by atoms with van der Waals surface area (Å²) in [4.78, 5) is 31.9. The monoisotopic (exact) mass is 426 g/mol. The predicted molar refractivity (Wildman–Crippen MR) is 112 cm³/mol. The first-order valence-corrected chi connectivity index (χ1v) is 10.6. The third kappa shape index (κ3) is 4.74. The normalized spacial score (nSPS) is 15.1. The molecule has 156 valence electrons. The Hall–Kier alpha value is -3.04. The summed E-state index contributed by atoms with van der Waals surface area (Å²) in [7, 11) is 1.33. The van der Waals surface area contributed by atoms with Crippen LogP contribution in [0.15, 0.2) is 46.3 Å². The Morgan fingerprint density at radius 2 is 2.10 bits per heavy atom. The Morgan fingerprint density at radius 3 is 2.83 bits per heavy atom. The second-order valence-electron chi connectivity index (χ2n) is 7.10. The summed E-state index contributed by atoms with van der Waals surface area (Å²) in [6.07, 6.45) is 1.49. The highest BCUT2D eigenvalue weighted by Gasteiger charge is 2.26. The number of piperidine rings is 1. The van der Waals surface area contributed by atoms with Crippen molar-refractivity contribution in [2.75, 3.05) is 25.5 Å². The molecule has 30 heavy (non-hydrogen) atoms. The van der Waals surface area contributed by atoms with Gasteiger partial charge in [0, 0.05) is 11.6 Å². The van der Waals surface area contributed by atoms with E-state index in [2.05, 4.69) is 20.4 Å². The summed E-state index contributed by atoms with van der Waals surface area (Å²) in [5.74, 6) is 0.661. The molecule has 0 atom stereocenters. The molecule has 1 aliphatic rings. The van der Waals surface area contributed by atoms with Crippen LogP contribution >= 0.6 is 11.3 Å². The first-order chi connectivity index (χ1) is 14.6. The van der Waals surface area contributed by atoms with Crippen molar-refractivity contribution < 1.29 is 18.8 Å². The number of aromatic nitrogens is 2. The van der Waals surface area contributed by atoms with Crippen LogP contribution in [0.2, 0.25) is 0 Å². The number of carbonyl (C=O) groups excluding carboxylic acids is 2. The molecule has 0 bridgehead atoms.